The number of methoxy groups -OCH3 is 3. The third kappa shape index (κ3) is 5.21. The minimum absolute atomic E-state index is 0.113. The highest BCUT2D eigenvalue weighted by Gasteiger charge is 2.35. The van der Waals surface area contributed by atoms with Gasteiger partial charge < -0.3 is 23.8 Å². The molecule has 0 spiro atoms. The van der Waals surface area contributed by atoms with Crippen LogP contribution in [-0.2, 0) is 11.2 Å². The lowest BCUT2D eigenvalue weighted by Crippen LogP contribution is -2.44. The lowest BCUT2D eigenvalue weighted by Gasteiger charge is -2.39. The summed E-state index contributed by atoms with van der Waals surface area (Å²) in [6, 6.07) is 21.2. The molecule has 6 nitrogen and oxygen atoms in total. The van der Waals surface area contributed by atoms with Crippen LogP contribution in [-0.4, -0.2) is 45.3 Å². The van der Waals surface area contributed by atoms with Gasteiger partial charge in [0, 0.05) is 6.54 Å². The molecule has 3 aromatic carbocycles. The van der Waals surface area contributed by atoms with Gasteiger partial charge in [0.05, 0.1) is 33.3 Å². The molecular weight excluding hydrogens is 442 g/mol. The molecule has 0 fully saturated rings. The molecule has 0 radical (unpaired) electrons. The Labute approximate surface area is 207 Å². The highest BCUT2D eigenvalue weighted by atomic mass is 16.5. The second kappa shape index (κ2) is 11.2. The van der Waals surface area contributed by atoms with Crippen molar-refractivity contribution in [1.29, 1.82) is 0 Å². The molecular formula is C29H33NO5. The fourth-order valence-electron chi connectivity index (χ4n) is 4.76. The topological polar surface area (TPSA) is 57.2 Å². The molecule has 0 saturated heterocycles. The minimum Gasteiger partial charge on any atom is -0.497 e. The van der Waals surface area contributed by atoms with Crippen molar-refractivity contribution in [1.82, 2.24) is 4.90 Å². The summed E-state index contributed by atoms with van der Waals surface area (Å²) in [7, 11) is 4.90. The monoisotopic (exact) mass is 475 g/mol. The van der Waals surface area contributed by atoms with Gasteiger partial charge in [-0.2, -0.15) is 0 Å². The Kier molecular flexibility index (Phi) is 7.80. The summed E-state index contributed by atoms with van der Waals surface area (Å²) in [5, 5.41) is 0. The van der Waals surface area contributed by atoms with E-state index in [4.69, 9.17) is 18.9 Å². The third-order valence-electron chi connectivity index (χ3n) is 6.66. The maximum Gasteiger partial charge on any atom is 0.230 e. The number of hydrogen-bond donors (Lipinski definition) is 0. The second-order valence-electron chi connectivity index (χ2n) is 8.56. The second-order valence-corrected chi connectivity index (χ2v) is 8.56. The van der Waals surface area contributed by atoms with Crippen molar-refractivity contribution in [2.45, 2.75) is 31.7 Å². The Morgan fingerprint density at radius 2 is 1.57 bits per heavy atom. The maximum absolute atomic E-state index is 13.9. The number of amides is 1. The predicted octanol–water partition coefficient (Wildman–Crippen LogP) is 5.41. The van der Waals surface area contributed by atoms with Crippen molar-refractivity contribution < 1.29 is 23.7 Å². The van der Waals surface area contributed by atoms with Crippen LogP contribution >= 0.6 is 0 Å². The lowest BCUT2D eigenvalue weighted by atomic mass is 9.89. The van der Waals surface area contributed by atoms with Gasteiger partial charge in [-0.15, -0.1) is 0 Å². The molecule has 0 bridgehead atoms. The van der Waals surface area contributed by atoms with E-state index in [1.165, 1.54) is 0 Å². The van der Waals surface area contributed by atoms with E-state index < -0.39 is 0 Å². The summed E-state index contributed by atoms with van der Waals surface area (Å²) in [5.74, 6) is 2.73. The van der Waals surface area contributed by atoms with Gasteiger partial charge in [-0.1, -0.05) is 37.3 Å². The molecule has 0 saturated carbocycles. The number of fused-ring (bicyclic) bond motifs is 1. The molecule has 0 unspecified atom stereocenters. The summed E-state index contributed by atoms with van der Waals surface area (Å²) in [4.78, 5) is 15.9. The number of rotatable bonds is 9. The molecule has 6 heteroatoms. The molecule has 4 rings (SSSR count). The van der Waals surface area contributed by atoms with Gasteiger partial charge in [0.2, 0.25) is 5.91 Å². The Morgan fingerprint density at radius 3 is 2.20 bits per heavy atom. The van der Waals surface area contributed by atoms with Crippen LogP contribution in [0.1, 0.15) is 42.0 Å². The summed E-state index contributed by atoms with van der Waals surface area (Å²) in [6.07, 6.45) is 1.47. The number of nitrogens with zero attached hydrogens (tertiary/aromatic N) is 1. The summed E-state index contributed by atoms with van der Waals surface area (Å²) >= 11 is 0. The molecule has 1 amide bonds. The molecule has 2 atom stereocenters. The van der Waals surface area contributed by atoms with Crippen molar-refractivity contribution in [3.05, 3.63) is 83.4 Å². The number of benzene rings is 3. The fraction of sp³-hybridized carbons (Fsp3) is 0.345. The van der Waals surface area contributed by atoms with Crippen LogP contribution in [0.25, 0.3) is 0 Å². The number of hydrogen-bond acceptors (Lipinski definition) is 5. The molecule has 184 valence electrons. The van der Waals surface area contributed by atoms with Crippen molar-refractivity contribution in [3.8, 4) is 23.0 Å². The molecule has 3 aromatic rings. The van der Waals surface area contributed by atoms with E-state index in [1.807, 2.05) is 71.6 Å². The largest absolute Gasteiger partial charge is 0.497 e. The number of ether oxygens (including phenoxy) is 4. The third-order valence-corrected chi connectivity index (χ3v) is 6.66. The van der Waals surface area contributed by atoms with E-state index in [0.29, 0.717) is 24.7 Å². The normalized spacial score (nSPS) is 15.7. The first-order valence-corrected chi connectivity index (χ1v) is 12.0. The maximum atomic E-state index is 13.9. The molecule has 1 aliphatic rings. The molecule has 1 aliphatic heterocycles. The van der Waals surface area contributed by atoms with Crippen molar-refractivity contribution in [3.63, 3.8) is 0 Å². The first-order chi connectivity index (χ1) is 17.1. The van der Waals surface area contributed by atoms with Crippen LogP contribution in [0, 0.1) is 0 Å². The van der Waals surface area contributed by atoms with Crippen molar-refractivity contribution >= 4 is 5.91 Å². The van der Waals surface area contributed by atoms with E-state index >= 15 is 0 Å². The lowest BCUT2D eigenvalue weighted by molar-refractivity contribution is -0.136. The SMILES string of the molecule is CC[C@@H](C(=O)N1CCc2cc(OC)c(OC)cc2[C@H]1COc1ccc(OC)cc1)c1ccccc1. The van der Waals surface area contributed by atoms with Gasteiger partial charge in [-0.05, 0) is 65.9 Å². The predicted molar refractivity (Wildman–Crippen MR) is 136 cm³/mol. The smallest absolute Gasteiger partial charge is 0.230 e. The van der Waals surface area contributed by atoms with Gasteiger partial charge in [0.1, 0.15) is 18.1 Å². The average Bonchev–Trinajstić information content (AvgIpc) is 2.92. The van der Waals surface area contributed by atoms with Crippen LogP contribution in [0.2, 0.25) is 0 Å². The summed E-state index contributed by atoms with van der Waals surface area (Å²) < 4.78 is 22.6. The Balaban J connectivity index is 1.68. The first-order valence-electron chi connectivity index (χ1n) is 12.0. The van der Waals surface area contributed by atoms with E-state index in [-0.39, 0.29) is 17.9 Å². The van der Waals surface area contributed by atoms with Crippen molar-refractivity contribution in [2.24, 2.45) is 0 Å². The van der Waals surface area contributed by atoms with Crippen LogP contribution in [0.3, 0.4) is 0 Å². The summed E-state index contributed by atoms with van der Waals surface area (Å²) in [6.45, 7) is 3.00. The zero-order valence-corrected chi connectivity index (χ0v) is 20.8. The van der Waals surface area contributed by atoms with Gasteiger partial charge in [0.25, 0.3) is 0 Å². The van der Waals surface area contributed by atoms with Crippen molar-refractivity contribution in [2.75, 3.05) is 34.5 Å². The van der Waals surface area contributed by atoms with Crippen LogP contribution in [0.4, 0.5) is 0 Å². The Morgan fingerprint density at radius 1 is 0.914 bits per heavy atom. The van der Waals surface area contributed by atoms with Crippen LogP contribution in [0.15, 0.2) is 66.7 Å². The zero-order chi connectivity index (χ0) is 24.8. The fourth-order valence-corrected chi connectivity index (χ4v) is 4.76. The first kappa shape index (κ1) is 24.5. The van der Waals surface area contributed by atoms with E-state index in [9.17, 15) is 4.79 Å². The molecule has 1 heterocycles. The average molecular weight is 476 g/mol. The van der Waals surface area contributed by atoms with Gasteiger partial charge in [-0.3, -0.25) is 4.79 Å². The standard InChI is InChI=1S/C29H33NO5/c1-5-24(20-9-7-6-8-10-20)29(31)30-16-15-21-17-27(33-3)28(34-4)18-25(21)26(30)19-35-23-13-11-22(32-2)12-14-23/h6-14,17-18,24,26H,5,15-16,19H2,1-4H3/t24-,26-/m1/s1. The highest BCUT2D eigenvalue weighted by molar-refractivity contribution is 5.84. The Bertz CT molecular complexity index is 1130. The molecule has 0 aliphatic carbocycles. The molecule has 0 N–H and O–H groups in total. The minimum atomic E-state index is -0.258. The molecule has 0 aromatic heterocycles. The van der Waals surface area contributed by atoms with Crippen LogP contribution in [0.5, 0.6) is 23.0 Å². The van der Waals surface area contributed by atoms with E-state index in [2.05, 4.69) is 6.92 Å². The van der Waals surface area contributed by atoms with Gasteiger partial charge in [0.15, 0.2) is 11.5 Å². The Hall–Kier alpha value is -3.67. The van der Waals surface area contributed by atoms with Gasteiger partial charge >= 0.3 is 0 Å². The van der Waals surface area contributed by atoms with E-state index in [0.717, 1.165) is 41.0 Å². The molecule has 35 heavy (non-hydrogen) atoms. The summed E-state index contributed by atoms with van der Waals surface area (Å²) in [5.41, 5.74) is 3.20. The van der Waals surface area contributed by atoms with E-state index in [1.54, 1.807) is 21.3 Å². The number of carbonyl (C=O) groups is 1. The number of carbonyl (C=O) groups excluding carboxylic acids is 1. The quantitative estimate of drug-likeness (QED) is 0.414. The zero-order valence-electron chi connectivity index (χ0n) is 20.8. The highest BCUT2D eigenvalue weighted by Crippen LogP contribution is 2.40. The van der Waals surface area contributed by atoms with Crippen LogP contribution < -0.4 is 18.9 Å². The van der Waals surface area contributed by atoms with Gasteiger partial charge in [-0.25, -0.2) is 0 Å².